The Labute approximate surface area is 129 Å². The minimum atomic E-state index is -0.944. The molecule has 1 aromatic heterocycles. The average Bonchev–Trinajstić information content (AvgIpc) is 2.54. The molecule has 0 aliphatic carbocycles. The van der Waals surface area contributed by atoms with E-state index in [1.807, 2.05) is 0 Å². The van der Waals surface area contributed by atoms with E-state index >= 15 is 0 Å². The zero-order chi connectivity index (χ0) is 16.7. The summed E-state index contributed by atoms with van der Waals surface area (Å²) in [5.74, 6) is -2.47. The van der Waals surface area contributed by atoms with Crippen molar-refractivity contribution in [2.75, 3.05) is 7.11 Å². The van der Waals surface area contributed by atoms with E-state index in [-0.39, 0.29) is 33.8 Å². The quantitative estimate of drug-likeness (QED) is 0.535. The van der Waals surface area contributed by atoms with Crippen molar-refractivity contribution in [3.63, 3.8) is 0 Å². The summed E-state index contributed by atoms with van der Waals surface area (Å²) in [6.07, 6.45) is 0. The summed E-state index contributed by atoms with van der Waals surface area (Å²) < 4.78 is 10.3. The molecule has 118 valence electrons. The standard InChI is InChI=1S/C16H12O7/c1-22-10-6-9(18)11-13(20)14(21)15(23-16(11)12(10)19)7-4-2-3-5-8(7)17/h2-6,17-19,21H,1H3. The monoisotopic (exact) mass is 316 g/mol. The molecule has 3 rings (SSSR count). The maximum Gasteiger partial charge on any atom is 0.238 e. The molecule has 0 atom stereocenters. The SMILES string of the molecule is COc1cc(O)c2c(=O)c(O)c(-c3ccccc3O)oc2c1O. The number of methoxy groups -OCH3 is 1. The molecule has 0 spiro atoms. The van der Waals surface area contributed by atoms with Crippen molar-refractivity contribution in [3.8, 4) is 40.1 Å². The highest BCUT2D eigenvalue weighted by Gasteiger charge is 2.23. The maximum atomic E-state index is 12.3. The van der Waals surface area contributed by atoms with Crippen LogP contribution in [0.1, 0.15) is 0 Å². The molecule has 0 unspecified atom stereocenters. The van der Waals surface area contributed by atoms with Gasteiger partial charge in [-0.2, -0.15) is 0 Å². The topological polar surface area (TPSA) is 120 Å². The van der Waals surface area contributed by atoms with Crippen LogP contribution < -0.4 is 10.2 Å². The molecule has 0 bridgehead atoms. The molecule has 3 aromatic rings. The van der Waals surface area contributed by atoms with Crippen molar-refractivity contribution in [1.29, 1.82) is 0 Å². The highest BCUT2D eigenvalue weighted by atomic mass is 16.5. The van der Waals surface area contributed by atoms with Crippen LogP contribution in [0.4, 0.5) is 0 Å². The van der Waals surface area contributed by atoms with Gasteiger partial charge in [-0.15, -0.1) is 0 Å². The number of benzene rings is 2. The van der Waals surface area contributed by atoms with Gasteiger partial charge in [-0.05, 0) is 12.1 Å². The van der Waals surface area contributed by atoms with E-state index < -0.39 is 22.7 Å². The first-order valence-electron chi connectivity index (χ1n) is 6.52. The van der Waals surface area contributed by atoms with E-state index in [0.29, 0.717) is 0 Å². The summed E-state index contributed by atoms with van der Waals surface area (Å²) in [4.78, 5) is 12.3. The molecular weight excluding hydrogens is 304 g/mol. The van der Waals surface area contributed by atoms with Gasteiger partial charge in [0.1, 0.15) is 16.9 Å². The lowest BCUT2D eigenvalue weighted by atomic mass is 10.1. The van der Waals surface area contributed by atoms with Crippen LogP contribution in [0.3, 0.4) is 0 Å². The van der Waals surface area contributed by atoms with Crippen LogP contribution in [0, 0.1) is 0 Å². The van der Waals surface area contributed by atoms with Gasteiger partial charge < -0.3 is 29.6 Å². The molecule has 23 heavy (non-hydrogen) atoms. The molecule has 0 radical (unpaired) electrons. The van der Waals surface area contributed by atoms with Crippen molar-refractivity contribution in [2.24, 2.45) is 0 Å². The van der Waals surface area contributed by atoms with Gasteiger partial charge in [-0.1, -0.05) is 12.1 Å². The fourth-order valence-electron chi connectivity index (χ4n) is 2.31. The molecular formula is C16H12O7. The maximum absolute atomic E-state index is 12.3. The molecule has 0 saturated carbocycles. The van der Waals surface area contributed by atoms with Gasteiger partial charge in [0.05, 0.1) is 12.7 Å². The normalized spacial score (nSPS) is 10.8. The molecule has 0 saturated heterocycles. The van der Waals surface area contributed by atoms with Crippen LogP contribution in [0.5, 0.6) is 28.7 Å². The van der Waals surface area contributed by atoms with Crippen molar-refractivity contribution >= 4 is 11.0 Å². The van der Waals surface area contributed by atoms with Gasteiger partial charge in [0.2, 0.25) is 16.9 Å². The number of hydrogen-bond donors (Lipinski definition) is 4. The van der Waals surface area contributed by atoms with Gasteiger partial charge in [0.25, 0.3) is 0 Å². The van der Waals surface area contributed by atoms with E-state index in [9.17, 15) is 25.2 Å². The Bertz CT molecular complexity index is 972. The number of para-hydroxylation sites is 1. The van der Waals surface area contributed by atoms with Gasteiger partial charge in [0.15, 0.2) is 17.1 Å². The fraction of sp³-hybridized carbons (Fsp3) is 0.0625. The summed E-state index contributed by atoms with van der Waals surface area (Å²) >= 11 is 0. The predicted molar refractivity (Wildman–Crippen MR) is 81.1 cm³/mol. The smallest absolute Gasteiger partial charge is 0.238 e. The van der Waals surface area contributed by atoms with E-state index in [1.54, 1.807) is 12.1 Å². The first kappa shape index (κ1) is 14.6. The highest BCUT2D eigenvalue weighted by Crippen LogP contribution is 2.43. The summed E-state index contributed by atoms with van der Waals surface area (Å²) in [6.45, 7) is 0. The minimum absolute atomic E-state index is 0.0608. The lowest BCUT2D eigenvalue weighted by Gasteiger charge is -2.11. The van der Waals surface area contributed by atoms with Gasteiger partial charge in [0, 0.05) is 6.07 Å². The van der Waals surface area contributed by atoms with Crippen LogP contribution in [-0.4, -0.2) is 27.5 Å². The Morgan fingerprint density at radius 3 is 2.35 bits per heavy atom. The second kappa shape index (κ2) is 5.13. The second-order valence-electron chi connectivity index (χ2n) is 4.78. The third kappa shape index (κ3) is 2.10. The lowest BCUT2D eigenvalue weighted by Crippen LogP contribution is -2.03. The molecule has 0 amide bonds. The Morgan fingerprint density at radius 1 is 1.00 bits per heavy atom. The van der Waals surface area contributed by atoms with Crippen molar-refractivity contribution in [1.82, 2.24) is 0 Å². The van der Waals surface area contributed by atoms with Crippen LogP contribution in [0.15, 0.2) is 39.5 Å². The molecule has 7 nitrogen and oxygen atoms in total. The van der Waals surface area contributed by atoms with Crippen LogP contribution in [0.25, 0.3) is 22.3 Å². The fourth-order valence-corrected chi connectivity index (χ4v) is 2.31. The first-order valence-corrected chi connectivity index (χ1v) is 6.52. The average molecular weight is 316 g/mol. The van der Waals surface area contributed by atoms with Crippen LogP contribution >= 0.6 is 0 Å². The molecule has 7 heteroatoms. The van der Waals surface area contributed by atoms with Crippen molar-refractivity contribution in [3.05, 3.63) is 40.6 Å². The lowest BCUT2D eigenvalue weighted by molar-refractivity contribution is 0.366. The molecule has 4 N–H and O–H groups in total. The van der Waals surface area contributed by atoms with Gasteiger partial charge >= 0.3 is 0 Å². The number of phenols is 3. The molecule has 0 fully saturated rings. The Hall–Kier alpha value is -3.35. The summed E-state index contributed by atoms with van der Waals surface area (Å²) in [6, 6.07) is 6.94. The Balaban J connectivity index is 2.48. The zero-order valence-corrected chi connectivity index (χ0v) is 11.9. The van der Waals surface area contributed by atoms with E-state index in [1.165, 1.54) is 19.2 Å². The van der Waals surface area contributed by atoms with E-state index in [2.05, 4.69) is 0 Å². The summed E-state index contributed by atoms with van der Waals surface area (Å²) in [5, 5.41) is 39.6. The van der Waals surface area contributed by atoms with Crippen molar-refractivity contribution in [2.45, 2.75) is 0 Å². The summed E-state index contributed by atoms with van der Waals surface area (Å²) in [5.41, 5.74) is -1.24. The number of aromatic hydroxyl groups is 4. The van der Waals surface area contributed by atoms with Crippen LogP contribution in [-0.2, 0) is 0 Å². The summed E-state index contributed by atoms with van der Waals surface area (Å²) in [7, 11) is 1.27. The third-order valence-corrected chi connectivity index (χ3v) is 3.43. The second-order valence-corrected chi connectivity index (χ2v) is 4.78. The number of phenolic OH excluding ortho intramolecular Hbond substituents is 3. The highest BCUT2D eigenvalue weighted by molar-refractivity contribution is 5.93. The Kier molecular flexibility index (Phi) is 3.25. The van der Waals surface area contributed by atoms with Gasteiger partial charge in [-0.25, -0.2) is 0 Å². The van der Waals surface area contributed by atoms with Crippen LogP contribution in [0.2, 0.25) is 0 Å². The molecule has 0 aliphatic rings. The van der Waals surface area contributed by atoms with Gasteiger partial charge in [-0.3, -0.25) is 4.79 Å². The van der Waals surface area contributed by atoms with Crippen molar-refractivity contribution < 1.29 is 29.6 Å². The number of rotatable bonds is 2. The van der Waals surface area contributed by atoms with E-state index in [4.69, 9.17) is 9.15 Å². The minimum Gasteiger partial charge on any atom is -0.507 e. The predicted octanol–water partition coefficient (Wildman–Crippen LogP) is 2.29. The molecule has 2 aromatic carbocycles. The number of hydrogen-bond acceptors (Lipinski definition) is 7. The Morgan fingerprint density at radius 2 is 1.70 bits per heavy atom. The number of fused-ring (bicyclic) bond motifs is 1. The largest absolute Gasteiger partial charge is 0.507 e. The third-order valence-electron chi connectivity index (χ3n) is 3.43. The zero-order valence-electron chi connectivity index (χ0n) is 11.9. The number of ether oxygens (including phenoxy) is 1. The molecule has 0 aliphatic heterocycles. The molecule has 1 heterocycles. The first-order chi connectivity index (χ1) is 11.0. The van der Waals surface area contributed by atoms with E-state index in [0.717, 1.165) is 6.07 Å².